The Hall–Kier alpha value is -1.80. The SMILES string of the molecule is NCCCNCCCCNCCCNN1C(=O)c2ccccc2C1=O. The lowest BCUT2D eigenvalue weighted by Crippen LogP contribution is -2.43. The smallest absolute Gasteiger partial charge is 0.276 e. The summed E-state index contributed by atoms with van der Waals surface area (Å²) in [5.74, 6) is -0.536. The maximum Gasteiger partial charge on any atom is 0.276 e. The lowest BCUT2D eigenvalue weighted by molar-refractivity contribution is 0.0566. The fourth-order valence-corrected chi connectivity index (χ4v) is 2.71. The average molecular weight is 347 g/mol. The minimum Gasteiger partial charge on any atom is -0.330 e. The van der Waals surface area contributed by atoms with Gasteiger partial charge in [0, 0.05) is 6.54 Å². The summed E-state index contributed by atoms with van der Waals surface area (Å²) in [5, 5.41) is 7.86. The van der Waals surface area contributed by atoms with Gasteiger partial charge in [-0.15, -0.1) is 0 Å². The third-order valence-electron chi connectivity index (χ3n) is 4.11. The molecule has 0 atom stereocenters. The van der Waals surface area contributed by atoms with Crippen LogP contribution in [-0.2, 0) is 0 Å². The van der Waals surface area contributed by atoms with Crippen molar-refractivity contribution in [2.45, 2.75) is 25.7 Å². The summed E-state index contributed by atoms with van der Waals surface area (Å²) < 4.78 is 0. The van der Waals surface area contributed by atoms with Crippen molar-refractivity contribution in [1.29, 1.82) is 0 Å². The van der Waals surface area contributed by atoms with Crippen LogP contribution in [0.25, 0.3) is 0 Å². The topological polar surface area (TPSA) is 99.5 Å². The van der Waals surface area contributed by atoms with Crippen molar-refractivity contribution >= 4 is 11.8 Å². The Morgan fingerprint density at radius 2 is 1.28 bits per heavy atom. The molecule has 7 nitrogen and oxygen atoms in total. The molecule has 1 aliphatic rings. The number of fused-ring (bicyclic) bond motifs is 1. The maximum absolute atomic E-state index is 12.2. The number of imide groups is 1. The number of rotatable bonds is 13. The van der Waals surface area contributed by atoms with Crippen molar-refractivity contribution in [3.63, 3.8) is 0 Å². The van der Waals surface area contributed by atoms with Crippen molar-refractivity contribution in [1.82, 2.24) is 21.1 Å². The van der Waals surface area contributed by atoms with E-state index in [1.54, 1.807) is 24.3 Å². The van der Waals surface area contributed by atoms with Crippen LogP contribution in [0.2, 0.25) is 0 Å². The Morgan fingerprint density at radius 3 is 1.84 bits per heavy atom. The van der Waals surface area contributed by atoms with Gasteiger partial charge in [-0.1, -0.05) is 12.1 Å². The van der Waals surface area contributed by atoms with E-state index < -0.39 is 0 Å². The van der Waals surface area contributed by atoms with Gasteiger partial charge in [0.1, 0.15) is 0 Å². The number of amides is 2. The van der Waals surface area contributed by atoms with Crippen molar-refractivity contribution in [2.75, 3.05) is 39.3 Å². The molecule has 0 fully saturated rings. The molecule has 1 heterocycles. The number of nitrogens with zero attached hydrogens (tertiary/aromatic N) is 1. The number of nitrogens with one attached hydrogen (secondary N) is 3. The Bertz CT molecular complexity index is 529. The van der Waals surface area contributed by atoms with E-state index in [0.29, 0.717) is 17.7 Å². The molecule has 2 rings (SSSR count). The predicted molar refractivity (Wildman–Crippen MR) is 98.2 cm³/mol. The highest BCUT2D eigenvalue weighted by molar-refractivity contribution is 6.20. The monoisotopic (exact) mass is 347 g/mol. The van der Waals surface area contributed by atoms with Crippen molar-refractivity contribution in [3.05, 3.63) is 35.4 Å². The van der Waals surface area contributed by atoms with E-state index in [9.17, 15) is 9.59 Å². The van der Waals surface area contributed by atoms with Crippen molar-refractivity contribution < 1.29 is 9.59 Å². The molecule has 0 aliphatic carbocycles. The normalized spacial score (nSPS) is 13.6. The van der Waals surface area contributed by atoms with Crippen LogP contribution in [0.5, 0.6) is 0 Å². The summed E-state index contributed by atoms with van der Waals surface area (Å²) in [4.78, 5) is 24.3. The van der Waals surface area contributed by atoms with Crippen LogP contribution in [0.3, 0.4) is 0 Å². The molecule has 1 aromatic carbocycles. The second kappa shape index (κ2) is 10.9. The van der Waals surface area contributed by atoms with Crippen LogP contribution >= 0.6 is 0 Å². The second-order valence-electron chi connectivity index (χ2n) is 6.10. The summed E-state index contributed by atoms with van der Waals surface area (Å²) in [5.41, 5.74) is 9.30. The zero-order chi connectivity index (χ0) is 17.9. The predicted octanol–water partition coefficient (Wildman–Crippen LogP) is 0.486. The summed E-state index contributed by atoms with van der Waals surface area (Å²) >= 11 is 0. The Morgan fingerprint density at radius 1 is 0.760 bits per heavy atom. The Kier molecular flexibility index (Phi) is 8.54. The van der Waals surface area contributed by atoms with Gasteiger partial charge in [-0.2, -0.15) is 0 Å². The second-order valence-corrected chi connectivity index (χ2v) is 6.10. The van der Waals surface area contributed by atoms with E-state index in [-0.39, 0.29) is 11.8 Å². The number of hydrazine groups is 1. The molecule has 138 valence electrons. The first kappa shape index (κ1) is 19.5. The number of hydrogen-bond acceptors (Lipinski definition) is 6. The zero-order valence-electron chi connectivity index (χ0n) is 14.7. The summed E-state index contributed by atoms with van der Waals surface area (Å²) in [6.07, 6.45) is 4.15. The van der Waals surface area contributed by atoms with Crippen molar-refractivity contribution in [2.24, 2.45) is 5.73 Å². The molecule has 5 N–H and O–H groups in total. The molecule has 7 heteroatoms. The van der Waals surface area contributed by atoms with E-state index in [1.165, 1.54) is 0 Å². The quantitative estimate of drug-likeness (QED) is 0.306. The lowest BCUT2D eigenvalue weighted by atomic mass is 10.1. The van der Waals surface area contributed by atoms with Gasteiger partial charge in [-0.25, -0.2) is 10.4 Å². The minimum atomic E-state index is -0.268. The van der Waals surface area contributed by atoms with E-state index >= 15 is 0 Å². The maximum atomic E-state index is 12.2. The number of hydrogen-bond donors (Lipinski definition) is 4. The standard InChI is InChI=1S/C18H29N5O2/c19-9-5-12-20-10-3-4-11-21-13-6-14-22-23-17(24)15-7-1-2-8-16(15)18(23)25/h1-2,7-8,20-22H,3-6,9-14,19H2. The minimum absolute atomic E-state index is 0.268. The molecule has 1 aromatic rings. The fraction of sp³-hybridized carbons (Fsp3) is 0.556. The molecular formula is C18H29N5O2. The van der Waals surface area contributed by atoms with E-state index in [4.69, 9.17) is 5.73 Å². The molecule has 0 radical (unpaired) electrons. The van der Waals surface area contributed by atoms with Crippen LogP contribution in [0.4, 0.5) is 0 Å². The van der Waals surface area contributed by atoms with Crippen LogP contribution in [0, 0.1) is 0 Å². The lowest BCUT2D eigenvalue weighted by Gasteiger charge is -2.15. The van der Waals surface area contributed by atoms with E-state index in [0.717, 1.165) is 63.4 Å². The van der Waals surface area contributed by atoms with E-state index in [1.807, 2.05) is 0 Å². The third-order valence-corrected chi connectivity index (χ3v) is 4.11. The van der Waals surface area contributed by atoms with Gasteiger partial charge in [0.15, 0.2) is 0 Å². The van der Waals surface area contributed by atoms with Crippen LogP contribution < -0.4 is 21.8 Å². The number of unbranched alkanes of at least 4 members (excludes halogenated alkanes) is 1. The third kappa shape index (κ3) is 5.89. The van der Waals surface area contributed by atoms with Crippen LogP contribution in [0.1, 0.15) is 46.4 Å². The Labute approximate surface area is 149 Å². The van der Waals surface area contributed by atoms with Crippen molar-refractivity contribution in [3.8, 4) is 0 Å². The van der Waals surface area contributed by atoms with Gasteiger partial charge >= 0.3 is 0 Å². The molecule has 0 bridgehead atoms. The first-order valence-corrected chi connectivity index (χ1v) is 9.08. The highest BCUT2D eigenvalue weighted by Crippen LogP contribution is 2.20. The number of benzene rings is 1. The largest absolute Gasteiger partial charge is 0.330 e. The highest BCUT2D eigenvalue weighted by atomic mass is 16.2. The van der Waals surface area contributed by atoms with Gasteiger partial charge in [-0.3, -0.25) is 9.59 Å². The fourth-order valence-electron chi connectivity index (χ4n) is 2.71. The van der Waals surface area contributed by atoms with E-state index in [2.05, 4.69) is 16.1 Å². The molecule has 0 saturated heterocycles. The highest BCUT2D eigenvalue weighted by Gasteiger charge is 2.34. The molecule has 0 unspecified atom stereocenters. The molecule has 0 aromatic heterocycles. The summed E-state index contributed by atoms with van der Waals surface area (Å²) in [6.45, 7) is 5.18. The average Bonchev–Trinajstić information content (AvgIpc) is 2.87. The molecule has 1 aliphatic heterocycles. The van der Waals surface area contributed by atoms with Crippen LogP contribution in [0.15, 0.2) is 24.3 Å². The molecular weight excluding hydrogens is 318 g/mol. The number of carbonyl (C=O) groups is 2. The number of carbonyl (C=O) groups excluding carboxylic acids is 2. The molecule has 0 spiro atoms. The summed E-state index contributed by atoms with van der Waals surface area (Å²) in [7, 11) is 0. The molecule has 25 heavy (non-hydrogen) atoms. The molecule has 0 saturated carbocycles. The zero-order valence-corrected chi connectivity index (χ0v) is 14.7. The Balaban J connectivity index is 1.49. The van der Waals surface area contributed by atoms with Gasteiger partial charge in [0.25, 0.3) is 11.8 Å². The first-order valence-electron chi connectivity index (χ1n) is 9.08. The van der Waals surface area contributed by atoms with Gasteiger partial charge < -0.3 is 16.4 Å². The van der Waals surface area contributed by atoms with Gasteiger partial charge in [0.05, 0.1) is 11.1 Å². The summed E-state index contributed by atoms with van der Waals surface area (Å²) in [6, 6.07) is 6.91. The number of nitrogens with two attached hydrogens (primary N) is 1. The van der Waals surface area contributed by atoms with Gasteiger partial charge in [-0.05, 0) is 70.5 Å². The molecule has 2 amide bonds. The first-order chi connectivity index (χ1) is 12.3. The van der Waals surface area contributed by atoms with Gasteiger partial charge in [0.2, 0.25) is 0 Å². The van der Waals surface area contributed by atoms with Crippen LogP contribution in [-0.4, -0.2) is 56.1 Å².